The van der Waals surface area contributed by atoms with Crippen LogP contribution in [0, 0.1) is 0 Å². The van der Waals surface area contributed by atoms with E-state index in [9.17, 15) is 0 Å². The van der Waals surface area contributed by atoms with Crippen molar-refractivity contribution in [2.45, 2.75) is 34.9 Å². The van der Waals surface area contributed by atoms with Gasteiger partial charge in [0, 0.05) is 0 Å². The first-order valence-electron chi connectivity index (χ1n) is 4.46. The van der Waals surface area contributed by atoms with Crippen LogP contribution in [0.5, 0.6) is 0 Å². The fraction of sp³-hybridized carbons (Fsp3) is 0.600. The molecule has 0 heterocycles. The molecule has 0 aliphatic heterocycles. The average molecular weight is 213 g/mol. The number of allylic oxidation sites excluding steroid dienone is 2. The molecule has 0 nitrogen and oxygen atoms in total. The van der Waals surface area contributed by atoms with E-state index in [4.69, 9.17) is 0 Å². The Morgan fingerprint density at radius 2 is 1.36 bits per heavy atom. The van der Waals surface area contributed by atoms with Crippen LogP contribution in [0.1, 0.15) is 13.8 Å². The Kier molecular flexibility index (Phi) is 5.66. The second kappa shape index (κ2) is 5.65. The summed E-state index contributed by atoms with van der Waals surface area (Å²) in [5.41, 5.74) is 0. The molecule has 0 aromatic rings. The number of hydrogen-bond donors (Lipinski definition) is 0. The van der Waals surface area contributed by atoms with Crippen LogP contribution in [-0.2, 0) is 0 Å². The van der Waals surface area contributed by atoms with Crippen molar-refractivity contribution in [2.24, 2.45) is 0 Å². The van der Waals surface area contributed by atoms with Crippen LogP contribution in [0.3, 0.4) is 0 Å². The van der Waals surface area contributed by atoms with E-state index >= 15 is 0 Å². The van der Waals surface area contributed by atoms with Crippen molar-refractivity contribution in [3.63, 3.8) is 0 Å². The normalized spacial score (nSPS) is 11.1. The Bertz CT molecular complexity index is 111. The van der Waals surface area contributed by atoms with E-state index in [1.54, 1.807) is 0 Å². The van der Waals surface area contributed by atoms with Gasteiger partial charge in [-0.2, -0.15) is 0 Å². The Morgan fingerprint density at radius 3 is 1.55 bits per heavy atom. The van der Waals surface area contributed by atoms with Gasteiger partial charge in [-0.1, -0.05) is 0 Å². The molecule has 64 valence electrons. The molecule has 1 heteroatoms. The maximum atomic E-state index is 3.84. The summed E-state index contributed by atoms with van der Waals surface area (Å²) < 4.78 is 0. The molecule has 0 saturated heterocycles. The molecular weight excluding hydrogens is 193 g/mol. The second-order valence-electron chi connectivity index (χ2n) is 3.19. The van der Waals surface area contributed by atoms with Crippen LogP contribution < -0.4 is 0 Å². The molecule has 0 rings (SSSR count). The SMILES string of the molecule is C=C[CH2][Ge]([CH2]C)([CH2]C)[CH2]C=C. The summed E-state index contributed by atoms with van der Waals surface area (Å²) in [5.74, 6) is 0. The summed E-state index contributed by atoms with van der Waals surface area (Å²) in [7, 11) is 0. The topological polar surface area (TPSA) is 0 Å². The fourth-order valence-corrected chi connectivity index (χ4v) is 7.91. The first kappa shape index (κ1) is 11.0. The second-order valence-corrected chi connectivity index (χ2v) is 14.2. The van der Waals surface area contributed by atoms with Crippen LogP contribution >= 0.6 is 0 Å². The molecule has 0 atom stereocenters. The van der Waals surface area contributed by atoms with E-state index in [-0.39, 0.29) is 0 Å². The average Bonchev–Trinajstić information content (AvgIpc) is 2.04. The first-order valence-corrected chi connectivity index (χ1v) is 10.4. The van der Waals surface area contributed by atoms with E-state index in [0.29, 0.717) is 0 Å². The molecule has 0 amide bonds. The Labute approximate surface area is 73.7 Å². The zero-order valence-corrected chi connectivity index (χ0v) is 10.00. The van der Waals surface area contributed by atoms with Crippen LogP contribution in [-0.4, -0.2) is 13.3 Å². The third-order valence-corrected chi connectivity index (χ3v) is 13.8. The van der Waals surface area contributed by atoms with Gasteiger partial charge in [0.05, 0.1) is 0 Å². The van der Waals surface area contributed by atoms with Gasteiger partial charge in [-0.25, -0.2) is 0 Å². The van der Waals surface area contributed by atoms with Gasteiger partial charge < -0.3 is 0 Å². The molecule has 0 saturated carbocycles. The quantitative estimate of drug-likeness (QED) is 0.464. The molecule has 0 spiro atoms. The summed E-state index contributed by atoms with van der Waals surface area (Å²) in [4.78, 5) is 0. The van der Waals surface area contributed by atoms with Gasteiger partial charge in [0.1, 0.15) is 0 Å². The molecule has 0 aromatic heterocycles. The summed E-state index contributed by atoms with van der Waals surface area (Å²) in [5, 5.41) is 5.43. The van der Waals surface area contributed by atoms with Gasteiger partial charge in [0.25, 0.3) is 0 Å². The van der Waals surface area contributed by atoms with Crippen LogP contribution in [0.15, 0.2) is 25.3 Å². The first-order chi connectivity index (χ1) is 5.24. The molecule has 0 fully saturated rings. The Morgan fingerprint density at radius 1 is 1.00 bits per heavy atom. The van der Waals surface area contributed by atoms with E-state index < -0.39 is 13.3 Å². The molecule has 0 bridgehead atoms. The zero-order valence-electron chi connectivity index (χ0n) is 7.90. The predicted octanol–water partition coefficient (Wildman–Crippen LogP) is 3.85. The van der Waals surface area contributed by atoms with E-state index in [2.05, 4.69) is 39.2 Å². The van der Waals surface area contributed by atoms with Crippen LogP contribution in [0.4, 0.5) is 0 Å². The third kappa shape index (κ3) is 3.28. The number of hydrogen-bond acceptors (Lipinski definition) is 0. The maximum absolute atomic E-state index is 3.84. The number of rotatable bonds is 6. The van der Waals surface area contributed by atoms with Gasteiger partial charge in [-0.3, -0.25) is 0 Å². The Hall–Kier alpha value is 0.0229. The van der Waals surface area contributed by atoms with Crippen molar-refractivity contribution in [1.29, 1.82) is 0 Å². The van der Waals surface area contributed by atoms with Crippen molar-refractivity contribution >= 4 is 13.3 Å². The molecule has 0 aliphatic rings. The van der Waals surface area contributed by atoms with Crippen LogP contribution in [0.25, 0.3) is 0 Å². The summed E-state index contributed by atoms with van der Waals surface area (Å²) in [6.45, 7) is 12.3. The van der Waals surface area contributed by atoms with Crippen molar-refractivity contribution in [2.75, 3.05) is 0 Å². The third-order valence-electron chi connectivity index (χ3n) is 2.65. The molecule has 11 heavy (non-hydrogen) atoms. The predicted molar refractivity (Wildman–Crippen MR) is 56.7 cm³/mol. The van der Waals surface area contributed by atoms with Gasteiger partial charge in [-0.15, -0.1) is 0 Å². The monoisotopic (exact) mass is 214 g/mol. The van der Waals surface area contributed by atoms with Crippen LogP contribution in [0.2, 0.25) is 21.0 Å². The Balaban J connectivity index is 4.17. The van der Waals surface area contributed by atoms with Gasteiger partial charge in [0.15, 0.2) is 0 Å². The molecule has 0 aliphatic carbocycles. The molecular formula is C10H20Ge. The van der Waals surface area contributed by atoms with Crippen molar-refractivity contribution < 1.29 is 0 Å². The van der Waals surface area contributed by atoms with Crippen molar-refractivity contribution in [1.82, 2.24) is 0 Å². The standard InChI is InChI=1S/C10H20Ge/c1-5-9-11(7-3,8-4)10-6-2/h5-6H,1-2,7-10H2,3-4H3. The molecule has 0 radical (unpaired) electrons. The zero-order chi connectivity index (χ0) is 8.74. The van der Waals surface area contributed by atoms with Crippen molar-refractivity contribution in [3.05, 3.63) is 25.3 Å². The summed E-state index contributed by atoms with van der Waals surface area (Å²) in [6, 6.07) is 0. The van der Waals surface area contributed by atoms with Gasteiger partial charge in [-0.05, 0) is 0 Å². The van der Waals surface area contributed by atoms with Gasteiger partial charge in [0.2, 0.25) is 0 Å². The minimum absolute atomic E-state index is 1.30. The van der Waals surface area contributed by atoms with E-state index in [1.165, 1.54) is 21.0 Å². The molecule has 0 aromatic carbocycles. The summed E-state index contributed by atoms with van der Waals surface area (Å²) >= 11 is -1.48. The fourth-order valence-electron chi connectivity index (χ4n) is 1.52. The molecule has 0 N–H and O–H groups in total. The van der Waals surface area contributed by atoms with Crippen molar-refractivity contribution in [3.8, 4) is 0 Å². The van der Waals surface area contributed by atoms with Gasteiger partial charge >= 0.3 is 73.4 Å². The molecule has 0 unspecified atom stereocenters. The van der Waals surface area contributed by atoms with E-state index in [0.717, 1.165) is 0 Å². The minimum atomic E-state index is -1.48. The van der Waals surface area contributed by atoms with E-state index in [1.807, 2.05) is 0 Å². The summed E-state index contributed by atoms with van der Waals surface area (Å²) in [6.07, 6.45) is 4.22.